The first-order chi connectivity index (χ1) is 14.4. The number of rotatable bonds is 6. The van der Waals surface area contributed by atoms with Gasteiger partial charge in [-0.1, -0.05) is 17.7 Å². The Morgan fingerprint density at radius 3 is 2.35 bits per heavy atom. The van der Waals surface area contributed by atoms with Crippen molar-refractivity contribution in [3.8, 4) is 0 Å². The molecule has 164 valence electrons. The van der Waals surface area contributed by atoms with Crippen LogP contribution in [0.5, 0.6) is 0 Å². The summed E-state index contributed by atoms with van der Waals surface area (Å²) in [6.45, 7) is 5.07. The summed E-state index contributed by atoms with van der Waals surface area (Å²) in [6, 6.07) is 6.35. The summed E-state index contributed by atoms with van der Waals surface area (Å²) in [7, 11) is -4.20. The minimum absolute atomic E-state index is 0.00872. The molecule has 0 aliphatic carbocycles. The average molecular weight is 466 g/mol. The first kappa shape index (κ1) is 22.8. The van der Waals surface area contributed by atoms with Gasteiger partial charge in [0.2, 0.25) is 15.7 Å². The van der Waals surface area contributed by atoms with Crippen LogP contribution in [-0.2, 0) is 14.6 Å². The van der Waals surface area contributed by atoms with E-state index in [1.165, 1.54) is 18.2 Å². The van der Waals surface area contributed by atoms with Gasteiger partial charge in [0.1, 0.15) is 16.4 Å². The molecule has 10 heteroatoms. The second-order valence-electron chi connectivity index (χ2n) is 7.51. The third-order valence-corrected chi connectivity index (χ3v) is 6.79. The van der Waals surface area contributed by atoms with Gasteiger partial charge in [-0.25, -0.2) is 12.8 Å². The van der Waals surface area contributed by atoms with Gasteiger partial charge in [-0.15, -0.1) is 0 Å². The van der Waals surface area contributed by atoms with Crippen LogP contribution in [0.25, 0.3) is 10.9 Å². The van der Waals surface area contributed by atoms with Gasteiger partial charge in [0.25, 0.3) is 5.91 Å². The van der Waals surface area contributed by atoms with Crippen LogP contribution in [0.3, 0.4) is 0 Å². The summed E-state index contributed by atoms with van der Waals surface area (Å²) >= 11 is 5.90. The maximum atomic E-state index is 14.0. The Balaban J connectivity index is 2.25. The number of aromatic nitrogens is 1. The molecule has 2 amide bonds. The van der Waals surface area contributed by atoms with E-state index in [9.17, 15) is 22.4 Å². The van der Waals surface area contributed by atoms with Crippen molar-refractivity contribution in [1.29, 1.82) is 0 Å². The van der Waals surface area contributed by atoms with Gasteiger partial charge in [0.05, 0.1) is 15.4 Å². The molecule has 1 atom stereocenters. The fourth-order valence-corrected chi connectivity index (χ4v) is 5.41. The molecule has 0 spiro atoms. The highest BCUT2D eigenvalue weighted by Crippen LogP contribution is 2.35. The number of H-pyrrole nitrogens is 1. The van der Waals surface area contributed by atoms with Gasteiger partial charge >= 0.3 is 0 Å². The zero-order chi connectivity index (χ0) is 23.1. The first-order valence-electron chi connectivity index (χ1n) is 9.33. The third-order valence-electron chi connectivity index (χ3n) is 4.68. The van der Waals surface area contributed by atoms with Crippen molar-refractivity contribution in [1.82, 2.24) is 10.3 Å². The Labute approximate surface area is 183 Å². The van der Waals surface area contributed by atoms with Crippen molar-refractivity contribution in [3.63, 3.8) is 0 Å². The van der Waals surface area contributed by atoms with E-state index in [-0.39, 0.29) is 37.8 Å². The summed E-state index contributed by atoms with van der Waals surface area (Å²) in [6.07, 6.45) is -0.133. The predicted molar refractivity (Wildman–Crippen MR) is 115 cm³/mol. The van der Waals surface area contributed by atoms with Crippen LogP contribution >= 0.6 is 11.6 Å². The molecule has 7 nitrogen and oxygen atoms in total. The molecular weight excluding hydrogens is 445 g/mol. The number of fused-ring (bicyclic) bond motifs is 1. The smallest absolute Gasteiger partial charge is 0.269 e. The fourth-order valence-electron chi connectivity index (χ4n) is 3.46. The lowest BCUT2D eigenvalue weighted by Gasteiger charge is -2.13. The van der Waals surface area contributed by atoms with E-state index in [0.29, 0.717) is 0 Å². The number of carbonyl (C=O) groups excluding carboxylic acids is 2. The number of aromatic amines is 1. The van der Waals surface area contributed by atoms with Crippen LogP contribution in [-0.4, -0.2) is 31.3 Å². The van der Waals surface area contributed by atoms with Crippen LogP contribution in [0, 0.1) is 19.7 Å². The van der Waals surface area contributed by atoms with Gasteiger partial charge in [0.15, 0.2) is 0 Å². The number of hydrogen-bond acceptors (Lipinski definition) is 4. The zero-order valence-corrected chi connectivity index (χ0v) is 18.6. The fraction of sp³-hybridized carbons (Fsp3) is 0.238. The zero-order valence-electron chi connectivity index (χ0n) is 17.0. The highest BCUT2D eigenvalue weighted by atomic mass is 35.5. The summed E-state index contributed by atoms with van der Waals surface area (Å²) in [4.78, 5) is 26.4. The average Bonchev–Trinajstić information content (AvgIpc) is 2.99. The second kappa shape index (κ2) is 8.32. The molecule has 0 saturated carbocycles. The molecule has 1 aromatic heterocycles. The number of nitrogens with two attached hydrogens (primary N) is 1. The molecular formula is C21H21ClFN3O4S. The van der Waals surface area contributed by atoms with Crippen molar-refractivity contribution in [3.05, 3.63) is 58.0 Å². The number of hydrogen-bond donors (Lipinski definition) is 3. The van der Waals surface area contributed by atoms with E-state index in [1.807, 2.05) is 6.07 Å². The number of nitrogens with one attached hydrogen (secondary N) is 2. The van der Waals surface area contributed by atoms with Crippen LogP contribution in [0.1, 0.15) is 35.0 Å². The number of amides is 2. The monoisotopic (exact) mass is 465 g/mol. The molecule has 0 saturated heterocycles. The van der Waals surface area contributed by atoms with Gasteiger partial charge < -0.3 is 16.0 Å². The quantitative estimate of drug-likeness (QED) is 0.516. The van der Waals surface area contributed by atoms with Gasteiger partial charge in [-0.2, -0.15) is 0 Å². The first-order valence-corrected chi connectivity index (χ1v) is 11.2. The molecule has 0 bridgehead atoms. The molecule has 2 aromatic carbocycles. The van der Waals surface area contributed by atoms with Crippen molar-refractivity contribution in [2.45, 2.75) is 43.0 Å². The Bertz CT molecular complexity index is 1300. The van der Waals surface area contributed by atoms with Gasteiger partial charge in [0, 0.05) is 17.8 Å². The largest absolute Gasteiger partial charge is 0.370 e. The van der Waals surface area contributed by atoms with Gasteiger partial charge in [-0.05, 0) is 56.2 Å². The maximum Gasteiger partial charge on any atom is 0.269 e. The van der Waals surface area contributed by atoms with E-state index >= 15 is 0 Å². The summed E-state index contributed by atoms with van der Waals surface area (Å²) in [5.74, 6) is -2.16. The standard InChI is InChI=1S/C21H21ClFN3O4S/c1-10-4-11(2)6-13(5-10)31(29,30)20-14-8-15(22)16(23)9-17(14)26-19(20)21(28)25-12(3)7-18(24)27/h4-6,8-9,12,26H,7H2,1-3H3,(H2,24,27)(H,25,28). The molecule has 0 aliphatic heterocycles. The number of carbonyl (C=O) groups is 2. The van der Waals surface area contributed by atoms with E-state index in [1.54, 1.807) is 20.8 Å². The van der Waals surface area contributed by atoms with Gasteiger partial charge in [-0.3, -0.25) is 9.59 Å². The highest BCUT2D eigenvalue weighted by molar-refractivity contribution is 7.91. The lowest BCUT2D eigenvalue weighted by atomic mass is 10.2. The molecule has 1 unspecified atom stereocenters. The number of halogens is 2. The Morgan fingerprint density at radius 2 is 1.77 bits per heavy atom. The minimum atomic E-state index is -4.20. The summed E-state index contributed by atoms with van der Waals surface area (Å²) in [5, 5.41) is 2.34. The minimum Gasteiger partial charge on any atom is -0.370 e. The van der Waals surface area contributed by atoms with E-state index < -0.39 is 33.5 Å². The number of aryl methyl sites for hydroxylation is 2. The van der Waals surface area contributed by atoms with E-state index in [0.717, 1.165) is 17.2 Å². The normalized spacial score (nSPS) is 12.7. The maximum absolute atomic E-state index is 14.0. The van der Waals surface area contributed by atoms with Crippen LogP contribution in [0.2, 0.25) is 5.02 Å². The van der Waals surface area contributed by atoms with Crippen LogP contribution in [0.4, 0.5) is 4.39 Å². The Hall–Kier alpha value is -2.91. The summed E-state index contributed by atoms with van der Waals surface area (Å²) in [5.41, 5.74) is 6.42. The molecule has 0 aliphatic rings. The van der Waals surface area contributed by atoms with Crippen LogP contribution in [0.15, 0.2) is 40.1 Å². The topological polar surface area (TPSA) is 122 Å². The lowest BCUT2D eigenvalue weighted by molar-refractivity contribution is -0.118. The number of benzene rings is 2. The molecule has 1 heterocycles. The van der Waals surface area contributed by atoms with Crippen LogP contribution < -0.4 is 11.1 Å². The molecule has 31 heavy (non-hydrogen) atoms. The molecule has 3 rings (SSSR count). The highest BCUT2D eigenvalue weighted by Gasteiger charge is 2.31. The third kappa shape index (κ3) is 4.57. The predicted octanol–water partition coefficient (Wildman–Crippen LogP) is 3.40. The van der Waals surface area contributed by atoms with Crippen molar-refractivity contribution in [2.24, 2.45) is 5.73 Å². The SMILES string of the molecule is Cc1cc(C)cc(S(=O)(=O)c2c(C(=O)NC(C)CC(N)=O)[nH]c3cc(F)c(Cl)cc23)c1. The number of primary amides is 1. The van der Waals surface area contributed by atoms with Crippen molar-refractivity contribution < 1.29 is 22.4 Å². The Morgan fingerprint density at radius 1 is 1.16 bits per heavy atom. The van der Waals surface area contributed by atoms with E-state index in [2.05, 4.69) is 10.3 Å². The van der Waals surface area contributed by atoms with Crippen molar-refractivity contribution in [2.75, 3.05) is 0 Å². The van der Waals surface area contributed by atoms with Crippen molar-refractivity contribution >= 4 is 44.2 Å². The molecule has 4 N–H and O–H groups in total. The summed E-state index contributed by atoms with van der Waals surface area (Å²) < 4.78 is 41.2. The second-order valence-corrected chi connectivity index (χ2v) is 9.81. The van der Waals surface area contributed by atoms with E-state index in [4.69, 9.17) is 17.3 Å². The molecule has 0 fully saturated rings. The molecule has 3 aromatic rings. The Kier molecular flexibility index (Phi) is 6.11. The molecule has 0 radical (unpaired) electrons. The lowest BCUT2D eigenvalue weighted by Crippen LogP contribution is -2.36. The number of sulfone groups is 1.